The van der Waals surface area contributed by atoms with Gasteiger partial charge >= 0.3 is 11.9 Å². The first-order valence-corrected chi connectivity index (χ1v) is 28.2. The summed E-state index contributed by atoms with van der Waals surface area (Å²) in [5, 5.41) is 161. The topological polar surface area (TPSA) is 467 Å². The number of aliphatic hydroxyl groups is 13. The van der Waals surface area contributed by atoms with Crippen molar-refractivity contribution in [2.75, 3.05) is 41.2 Å². The Morgan fingerprint density at radius 3 is 1.70 bits per heavy atom. The van der Waals surface area contributed by atoms with E-state index < -0.39 is 172 Å². The number of aliphatic hydroxyl groups excluding tert-OH is 13. The molecule has 0 bridgehead atoms. The fourth-order valence-corrected chi connectivity index (χ4v) is 10.2. The zero-order chi connectivity index (χ0) is 65.7. The number of aromatic hydroxyl groups is 2. The number of ether oxygens (including phenoxy) is 14. The maximum absolute atomic E-state index is 13.1. The second kappa shape index (κ2) is 29.3. The molecule has 4 fully saturated rings. The van der Waals surface area contributed by atoms with Gasteiger partial charge in [-0.3, -0.25) is 0 Å². The van der Waals surface area contributed by atoms with Crippen molar-refractivity contribution in [1.29, 1.82) is 0 Å². The van der Waals surface area contributed by atoms with Crippen LogP contribution in [-0.2, 0) is 57.0 Å². The smallest absolute Gasteiger partial charge is 0.331 e. The highest BCUT2D eigenvalue weighted by Gasteiger charge is 2.51. The highest BCUT2D eigenvalue weighted by molar-refractivity contribution is 5.88. The summed E-state index contributed by atoms with van der Waals surface area (Å²) in [7, 11) is 3.87. The van der Waals surface area contributed by atoms with Gasteiger partial charge < -0.3 is 143 Å². The van der Waals surface area contributed by atoms with Crippen molar-refractivity contribution in [2.24, 2.45) is 0 Å². The molecule has 15 N–H and O–H groups in total. The predicted molar refractivity (Wildman–Crippen MR) is 302 cm³/mol. The quantitative estimate of drug-likeness (QED) is 0.0392. The van der Waals surface area contributed by atoms with E-state index in [1.807, 2.05) is 0 Å². The van der Waals surface area contributed by atoms with Gasteiger partial charge in [0.15, 0.2) is 46.9 Å². The van der Waals surface area contributed by atoms with E-state index in [0.29, 0.717) is 11.1 Å². The Morgan fingerprint density at radius 2 is 1.09 bits per heavy atom. The number of methoxy groups -OCH3 is 3. The fraction of sp³-hybridized carbons (Fsp3) is 0.467. The van der Waals surface area contributed by atoms with E-state index >= 15 is 0 Å². The first-order valence-electron chi connectivity index (χ1n) is 28.2. The minimum Gasteiger partial charge on any atom is -0.508 e. The molecule has 91 heavy (non-hydrogen) atoms. The summed E-state index contributed by atoms with van der Waals surface area (Å²) in [4.78, 5) is 25.6. The average molecular weight is 1290 g/mol. The third-order valence-corrected chi connectivity index (χ3v) is 15.4. The van der Waals surface area contributed by atoms with Crippen LogP contribution in [0.4, 0.5) is 0 Å². The van der Waals surface area contributed by atoms with E-state index in [2.05, 4.69) is 0 Å². The largest absolute Gasteiger partial charge is 0.508 e. The number of phenolic OH excluding ortho intramolecular Hbond substituents is 2. The van der Waals surface area contributed by atoms with Crippen molar-refractivity contribution in [3.63, 3.8) is 0 Å². The summed E-state index contributed by atoms with van der Waals surface area (Å²) in [5.74, 6) is -3.48. The van der Waals surface area contributed by atoms with E-state index in [-0.39, 0.29) is 57.2 Å². The van der Waals surface area contributed by atoms with Crippen LogP contribution in [-0.4, -0.2) is 259 Å². The maximum atomic E-state index is 13.1. The standard InChI is InChI=1S/C60H70O31/c1-24-55(91-42(65)14-8-25-5-10-29(11-6-25)84-58-51(74)48(71)45(68)39(89-58)22-81-41(64)13-9-26-7-12-31(63)34(15-26)78-2)50(73)54(77)57(83-24)82-23-40-46(69)49(72)53(76)60(90-40)87-37-20-30-32(85-56(37)27-16-35(79-3)43(66)36(17-27)80-4)18-28(62)19-33(30)86-59-52(75)47(70)44(67)38(21-61)88-59/h5-20,24,32,38-40,44-55,57-63,66-77H,21-23H2,1-4H3. The number of carbonyl (C=O) groups excluding carboxylic acids is 2. The van der Waals surface area contributed by atoms with Crippen molar-refractivity contribution >= 4 is 29.8 Å². The van der Waals surface area contributed by atoms with E-state index in [0.717, 1.165) is 18.2 Å². The molecule has 3 aromatic rings. The van der Waals surface area contributed by atoms with Gasteiger partial charge in [0.25, 0.3) is 0 Å². The lowest BCUT2D eigenvalue weighted by molar-refractivity contribution is -0.323. The van der Waals surface area contributed by atoms with Crippen molar-refractivity contribution in [2.45, 2.75) is 136 Å². The lowest BCUT2D eigenvalue weighted by Gasteiger charge is -2.43. The van der Waals surface area contributed by atoms with Gasteiger partial charge in [0, 0.05) is 35.4 Å². The Labute approximate surface area is 517 Å². The molecule has 3 aromatic carbocycles. The molecule has 0 radical (unpaired) electrons. The average Bonchev–Trinajstić information content (AvgIpc) is 0.805. The first-order chi connectivity index (χ1) is 43.4. The lowest BCUT2D eigenvalue weighted by atomic mass is 9.96. The number of rotatable bonds is 21. The third kappa shape index (κ3) is 15.2. The summed E-state index contributed by atoms with van der Waals surface area (Å²) >= 11 is 0. The molecule has 9 rings (SSSR count). The Kier molecular flexibility index (Phi) is 21.8. The van der Waals surface area contributed by atoms with E-state index in [4.69, 9.17) is 66.3 Å². The Hall–Kier alpha value is -7.64. The minimum absolute atomic E-state index is 0.0303. The molecule has 0 aromatic heterocycles. The second-order valence-electron chi connectivity index (χ2n) is 21.5. The van der Waals surface area contributed by atoms with Gasteiger partial charge in [-0.2, -0.15) is 0 Å². The molecule has 31 nitrogen and oxygen atoms in total. The van der Waals surface area contributed by atoms with Gasteiger partial charge in [-0.1, -0.05) is 18.2 Å². The van der Waals surface area contributed by atoms with Crippen LogP contribution in [0, 0.1) is 0 Å². The molecule has 0 amide bonds. The summed E-state index contributed by atoms with van der Waals surface area (Å²) in [6.07, 6.45) is -27.1. The van der Waals surface area contributed by atoms with E-state index in [9.17, 15) is 86.2 Å². The summed E-state index contributed by atoms with van der Waals surface area (Å²) in [5.41, 5.74) is 1.03. The molecule has 31 heteroatoms. The molecule has 5 aliphatic heterocycles. The van der Waals surface area contributed by atoms with Crippen LogP contribution in [0.25, 0.3) is 17.9 Å². The van der Waals surface area contributed by atoms with Crippen LogP contribution in [0.2, 0.25) is 0 Å². The molecule has 6 aliphatic rings. The number of phenols is 2. The van der Waals surface area contributed by atoms with Crippen LogP contribution in [0.15, 0.2) is 108 Å². The zero-order valence-corrected chi connectivity index (χ0v) is 48.7. The lowest BCUT2D eigenvalue weighted by Crippen LogP contribution is -2.61. The number of esters is 2. The molecule has 1 aliphatic carbocycles. The van der Waals surface area contributed by atoms with Crippen molar-refractivity contribution in [3.05, 3.63) is 125 Å². The number of carbonyl (C=O) groups is 2. The molecule has 21 unspecified atom stereocenters. The molecule has 0 saturated carbocycles. The SMILES string of the molecule is COc1cc(C=CC(=O)OCC2OC(Oc3ccc(C=CC(=O)OC4C(C)OC(OCC5OC(OC6=C(c7cc(OC)c(O)c(OC)c7)OC7C=C(O)C=C(OC8OC(CO)C(O)C(O)C8O)C7=C6)C(O)C(O)C5O)C(O)C4O)cc3)C(O)C(O)C2O)ccc1O. The first kappa shape index (κ1) is 67.7. The van der Waals surface area contributed by atoms with Crippen LogP contribution in [0.3, 0.4) is 0 Å². The molecule has 5 heterocycles. The van der Waals surface area contributed by atoms with Crippen LogP contribution < -0.4 is 18.9 Å². The van der Waals surface area contributed by atoms with E-state index in [1.54, 1.807) is 0 Å². The number of benzene rings is 3. The Balaban J connectivity index is 0.812. The maximum Gasteiger partial charge on any atom is 0.331 e. The summed E-state index contributed by atoms with van der Waals surface area (Å²) < 4.78 is 79.4. The third-order valence-electron chi connectivity index (χ3n) is 15.4. The van der Waals surface area contributed by atoms with Gasteiger partial charge in [0.05, 0.1) is 40.6 Å². The van der Waals surface area contributed by atoms with Crippen LogP contribution in [0.1, 0.15) is 23.6 Å². The van der Waals surface area contributed by atoms with Crippen molar-refractivity contribution in [3.8, 4) is 34.5 Å². The Morgan fingerprint density at radius 1 is 0.549 bits per heavy atom. The number of fused-ring (bicyclic) bond motifs is 1. The Bertz CT molecular complexity index is 3210. The van der Waals surface area contributed by atoms with Gasteiger partial charge in [-0.25, -0.2) is 9.59 Å². The second-order valence-corrected chi connectivity index (χ2v) is 21.5. The fourth-order valence-electron chi connectivity index (χ4n) is 10.2. The summed E-state index contributed by atoms with van der Waals surface area (Å²) in [6, 6.07) is 12.8. The molecule has 21 atom stereocenters. The number of hydrogen-bond donors (Lipinski definition) is 15. The van der Waals surface area contributed by atoms with Crippen LogP contribution in [0.5, 0.6) is 34.5 Å². The highest BCUT2D eigenvalue weighted by atomic mass is 16.7. The van der Waals surface area contributed by atoms with Gasteiger partial charge in [-0.05, 0) is 72.7 Å². The molecule has 0 spiro atoms. The van der Waals surface area contributed by atoms with Crippen molar-refractivity contribution < 1.29 is 153 Å². The normalized spacial score (nSPS) is 34.2. The number of allylic oxidation sites excluding steroid dienone is 2. The van der Waals surface area contributed by atoms with Crippen molar-refractivity contribution in [1.82, 2.24) is 0 Å². The van der Waals surface area contributed by atoms with E-state index in [1.165, 1.54) is 107 Å². The van der Waals surface area contributed by atoms with Gasteiger partial charge in [-0.15, -0.1) is 0 Å². The number of hydrogen-bond acceptors (Lipinski definition) is 31. The molecular weight excluding hydrogens is 1220 g/mol. The monoisotopic (exact) mass is 1290 g/mol. The molecule has 496 valence electrons. The highest BCUT2D eigenvalue weighted by Crippen LogP contribution is 2.45. The molecular formula is C60H70O31. The van der Waals surface area contributed by atoms with Gasteiger partial charge in [0.2, 0.25) is 24.6 Å². The minimum atomic E-state index is -2.03. The predicted octanol–water partition coefficient (Wildman–Crippen LogP) is -2.35. The zero-order valence-electron chi connectivity index (χ0n) is 48.7. The van der Waals surface area contributed by atoms with Crippen LogP contribution >= 0.6 is 0 Å². The summed E-state index contributed by atoms with van der Waals surface area (Å²) in [6.45, 7) is -0.659. The molecule has 4 saturated heterocycles. The van der Waals surface area contributed by atoms with Gasteiger partial charge in [0.1, 0.15) is 115 Å².